The zero-order valence-corrected chi connectivity index (χ0v) is 13.1. The molecule has 4 nitrogen and oxygen atoms in total. The minimum Gasteiger partial charge on any atom is -0.309 e. The molecule has 1 heterocycles. The number of benzene rings is 1. The maximum Gasteiger partial charge on any atom is 0.0756 e. The topological polar surface area (TPSA) is 42.7 Å². The summed E-state index contributed by atoms with van der Waals surface area (Å²) in [5, 5.41) is 12.0. The maximum absolute atomic E-state index is 4.22. The van der Waals surface area contributed by atoms with E-state index in [-0.39, 0.29) is 0 Å². The first-order valence-electron chi connectivity index (χ1n) is 8.00. The number of aromatic nitrogens is 3. The smallest absolute Gasteiger partial charge is 0.0756 e. The molecule has 1 aromatic carbocycles. The number of rotatable bonds is 9. The molecule has 21 heavy (non-hydrogen) atoms. The van der Waals surface area contributed by atoms with Gasteiger partial charge in [-0.05, 0) is 37.8 Å². The lowest BCUT2D eigenvalue weighted by molar-refractivity contribution is 0.446. The van der Waals surface area contributed by atoms with E-state index in [1.54, 1.807) is 0 Å². The van der Waals surface area contributed by atoms with Gasteiger partial charge in [0.15, 0.2) is 0 Å². The number of nitrogens with zero attached hydrogens (tertiary/aromatic N) is 3. The molecule has 2 aromatic rings. The van der Waals surface area contributed by atoms with Crippen LogP contribution in [0.4, 0.5) is 0 Å². The van der Waals surface area contributed by atoms with Crippen molar-refractivity contribution in [2.24, 2.45) is 0 Å². The van der Waals surface area contributed by atoms with Crippen molar-refractivity contribution in [3.05, 3.63) is 47.8 Å². The van der Waals surface area contributed by atoms with Crippen LogP contribution in [-0.4, -0.2) is 21.5 Å². The summed E-state index contributed by atoms with van der Waals surface area (Å²) < 4.78 is 2.04. The van der Waals surface area contributed by atoms with Gasteiger partial charge in [-0.25, -0.2) is 4.68 Å². The molecule has 2 rings (SSSR count). The van der Waals surface area contributed by atoms with Gasteiger partial charge in [0.25, 0.3) is 0 Å². The Morgan fingerprint density at radius 3 is 2.67 bits per heavy atom. The van der Waals surface area contributed by atoms with Gasteiger partial charge in [-0.3, -0.25) is 0 Å². The van der Waals surface area contributed by atoms with Crippen LogP contribution in [0.15, 0.2) is 36.5 Å². The Morgan fingerprint density at radius 2 is 1.95 bits per heavy atom. The van der Waals surface area contributed by atoms with E-state index in [0.29, 0.717) is 6.04 Å². The van der Waals surface area contributed by atoms with E-state index in [1.165, 1.54) is 11.3 Å². The Bertz CT molecular complexity index is 507. The van der Waals surface area contributed by atoms with Crippen molar-refractivity contribution in [3.63, 3.8) is 0 Å². The van der Waals surface area contributed by atoms with Gasteiger partial charge in [0.2, 0.25) is 0 Å². The molecular formula is C17H26N4. The molecule has 0 fully saturated rings. The van der Waals surface area contributed by atoms with E-state index in [0.717, 1.165) is 38.8 Å². The third-order valence-electron chi connectivity index (χ3n) is 3.65. The molecule has 0 aliphatic rings. The van der Waals surface area contributed by atoms with Gasteiger partial charge in [0.1, 0.15) is 0 Å². The first-order valence-corrected chi connectivity index (χ1v) is 8.00. The van der Waals surface area contributed by atoms with E-state index in [1.807, 2.05) is 10.9 Å². The van der Waals surface area contributed by atoms with Crippen LogP contribution in [0.1, 0.15) is 50.4 Å². The van der Waals surface area contributed by atoms with Crippen LogP contribution >= 0.6 is 0 Å². The summed E-state index contributed by atoms with van der Waals surface area (Å²) >= 11 is 0. The monoisotopic (exact) mass is 286 g/mol. The van der Waals surface area contributed by atoms with E-state index >= 15 is 0 Å². The third-order valence-corrected chi connectivity index (χ3v) is 3.65. The van der Waals surface area contributed by atoms with Crippen LogP contribution in [0.25, 0.3) is 0 Å². The summed E-state index contributed by atoms with van der Waals surface area (Å²) in [5.74, 6) is 0. The molecule has 1 N–H and O–H groups in total. The molecule has 114 valence electrons. The van der Waals surface area contributed by atoms with Crippen molar-refractivity contribution in [1.29, 1.82) is 0 Å². The highest BCUT2D eigenvalue weighted by Crippen LogP contribution is 2.19. The van der Waals surface area contributed by atoms with Crippen LogP contribution < -0.4 is 5.32 Å². The quantitative estimate of drug-likeness (QED) is 0.768. The highest BCUT2D eigenvalue weighted by molar-refractivity contribution is 5.15. The molecule has 0 saturated carbocycles. The molecule has 1 aromatic heterocycles. The molecule has 0 aliphatic carbocycles. The zero-order valence-electron chi connectivity index (χ0n) is 13.1. The van der Waals surface area contributed by atoms with Crippen LogP contribution in [-0.2, 0) is 13.0 Å². The van der Waals surface area contributed by atoms with Crippen LogP contribution in [0.2, 0.25) is 0 Å². The van der Waals surface area contributed by atoms with Gasteiger partial charge in [0.05, 0.1) is 17.9 Å². The molecule has 0 bridgehead atoms. The zero-order chi connectivity index (χ0) is 14.9. The maximum atomic E-state index is 4.22. The number of hydrogen-bond acceptors (Lipinski definition) is 3. The van der Waals surface area contributed by atoms with Gasteiger partial charge >= 0.3 is 0 Å². The predicted molar refractivity (Wildman–Crippen MR) is 86.1 cm³/mol. The van der Waals surface area contributed by atoms with Crippen LogP contribution in [0.3, 0.4) is 0 Å². The molecule has 0 radical (unpaired) electrons. The molecule has 1 unspecified atom stereocenters. The van der Waals surface area contributed by atoms with E-state index < -0.39 is 0 Å². The van der Waals surface area contributed by atoms with Crippen molar-refractivity contribution in [1.82, 2.24) is 20.3 Å². The normalized spacial score (nSPS) is 12.5. The molecule has 4 heteroatoms. The number of aryl methyl sites for hydroxylation is 2. The average Bonchev–Trinajstić information content (AvgIpc) is 2.97. The average molecular weight is 286 g/mol. The second-order valence-electron chi connectivity index (χ2n) is 5.41. The third kappa shape index (κ3) is 4.67. The minimum absolute atomic E-state index is 0.326. The number of hydrogen-bond donors (Lipinski definition) is 1. The lowest BCUT2D eigenvalue weighted by Gasteiger charge is -2.19. The van der Waals surface area contributed by atoms with Crippen LogP contribution in [0.5, 0.6) is 0 Å². The van der Waals surface area contributed by atoms with Gasteiger partial charge in [-0.15, -0.1) is 5.10 Å². The lowest BCUT2D eigenvalue weighted by Crippen LogP contribution is -2.25. The molecule has 0 aliphatic heterocycles. The van der Waals surface area contributed by atoms with Crippen molar-refractivity contribution in [2.45, 2.75) is 52.1 Å². The summed E-state index contributed by atoms with van der Waals surface area (Å²) in [5.41, 5.74) is 2.59. The fourth-order valence-corrected chi connectivity index (χ4v) is 2.55. The number of nitrogens with one attached hydrogen (secondary N) is 1. The first kappa shape index (κ1) is 15.7. The molecule has 1 atom stereocenters. The Balaban J connectivity index is 2.04. The Morgan fingerprint density at radius 1 is 1.14 bits per heavy atom. The Labute approximate surface area is 127 Å². The Kier molecular flexibility index (Phi) is 6.41. The van der Waals surface area contributed by atoms with Gasteiger partial charge in [-0.2, -0.15) is 0 Å². The SMILES string of the molecule is CCCNC(CCc1ccccc1)c1cnnn1CCC. The molecule has 0 spiro atoms. The van der Waals surface area contributed by atoms with Crippen LogP contribution in [0, 0.1) is 0 Å². The van der Waals surface area contributed by atoms with Gasteiger partial charge in [0, 0.05) is 6.54 Å². The van der Waals surface area contributed by atoms with Gasteiger partial charge < -0.3 is 5.32 Å². The summed E-state index contributed by atoms with van der Waals surface area (Å²) in [6.07, 6.45) is 6.27. The summed E-state index contributed by atoms with van der Waals surface area (Å²) in [6.45, 7) is 6.33. The standard InChI is InChI=1S/C17H26N4/c1-3-12-18-16(11-10-15-8-6-5-7-9-15)17-14-19-20-21(17)13-4-2/h5-9,14,16,18H,3-4,10-13H2,1-2H3. The molecule has 0 amide bonds. The highest BCUT2D eigenvalue weighted by Gasteiger charge is 2.16. The second-order valence-corrected chi connectivity index (χ2v) is 5.41. The highest BCUT2D eigenvalue weighted by atomic mass is 15.4. The second kappa shape index (κ2) is 8.57. The fourth-order valence-electron chi connectivity index (χ4n) is 2.55. The predicted octanol–water partition coefficient (Wildman–Crippen LogP) is 3.36. The first-order chi connectivity index (χ1) is 10.3. The summed E-state index contributed by atoms with van der Waals surface area (Å²) in [4.78, 5) is 0. The summed E-state index contributed by atoms with van der Waals surface area (Å²) in [6, 6.07) is 11.0. The van der Waals surface area contributed by atoms with E-state index in [9.17, 15) is 0 Å². The lowest BCUT2D eigenvalue weighted by atomic mass is 10.0. The van der Waals surface area contributed by atoms with Crippen molar-refractivity contribution < 1.29 is 0 Å². The minimum atomic E-state index is 0.326. The van der Waals surface area contributed by atoms with E-state index in [4.69, 9.17) is 0 Å². The fraction of sp³-hybridized carbons (Fsp3) is 0.529. The Hall–Kier alpha value is -1.68. The van der Waals surface area contributed by atoms with E-state index in [2.05, 4.69) is 59.8 Å². The largest absolute Gasteiger partial charge is 0.309 e. The van der Waals surface area contributed by atoms with Crippen molar-refractivity contribution in [2.75, 3.05) is 6.54 Å². The van der Waals surface area contributed by atoms with Crippen molar-refractivity contribution in [3.8, 4) is 0 Å². The van der Waals surface area contributed by atoms with Crippen molar-refractivity contribution >= 4 is 0 Å². The summed E-state index contributed by atoms with van der Waals surface area (Å²) in [7, 11) is 0. The van der Waals surface area contributed by atoms with Gasteiger partial charge in [-0.1, -0.05) is 49.4 Å². The molecule has 0 saturated heterocycles. The molecular weight excluding hydrogens is 260 g/mol.